The number of rotatable bonds is 11. The van der Waals surface area contributed by atoms with Gasteiger partial charge in [0.25, 0.3) is 0 Å². The van der Waals surface area contributed by atoms with Crippen molar-refractivity contribution < 1.29 is 9.53 Å². The van der Waals surface area contributed by atoms with E-state index in [1.165, 1.54) is 6.42 Å². The lowest BCUT2D eigenvalue weighted by Gasteiger charge is -2.08. The Hall–Kier alpha value is -0.220. The van der Waals surface area contributed by atoms with Gasteiger partial charge in [-0.3, -0.25) is 4.79 Å². The summed E-state index contributed by atoms with van der Waals surface area (Å²) in [6.07, 6.45) is 5.48. The van der Waals surface area contributed by atoms with Crippen LogP contribution in [0.2, 0.25) is 0 Å². The minimum absolute atomic E-state index is 0.0791. The van der Waals surface area contributed by atoms with Crippen LogP contribution in [0.25, 0.3) is 0 Å². The fourth-order valence-electron chi connectivity index (χ4n) is 1.49. The summed E-state index contributed by atoms with van der Waals surface area (Å²) in [6.45, 7) is 8.34. The smallest absolute Gasteiger partial charge is 0.222 e. The van der Waals surface area contributed by atoms with E-state index in [1.807, 2.05) is 13.8 Å². The minimum Gasteiger partial charge on any atom is -0.381 e. The zero-order chi connectivity index (χ0) is 13.8. The van der Waals surface area contributed by atoms with Gasteiger partial charge in [-0.1, -0.05) is 27.2 Å². The molecule has 1 atom stereocenters. The van der Waals surface area contributed by atoms with Crippen molar-refractivity contribution >= 4 is 18.5 Å². The monoisotopic (exact) mass is 275 g/mol. The summed E-state index contributed by atoms with van der Waals surface area (Å²) >= 11 is 4.34. The van der Waals surface area contributed by atoms with Crippen molar-refractivity contribution in [1.82, 2.24) is 5.32 Å². The van der Waals surface area contributed by atoms with Crippen LogP contribution in [-0.4, -0.2) is 30.9 Å². The highest BCUT2D eigenvalue weighted by Crippen LogP contribution is 2.05. The van der Waals surface area contributed by atoms with Gasteiger partial charge in [0.05, 0.1) is 0 Å². The van der Waals surface area contributed by atoms with Crippen LogP contribution in [-0.2, 0) is 9.53 Å². The van der Waals surface area contributed by atoms with Crippen molar-refractivity contribution in [3.8, 4) is 0 Å². The molecule has 0 heterocycles. The third-order valence-electron chi connectivity index (χ3n) is 2.70. The molecule has 108 valence electrons. The molecule has 0 fully saturated rings. The number of nitrogens with one attached hydrogen (secondary N) is 1. The third-order valence-corrected chi connectivity index (χ3v) is 2.96. The Bertz CT molecular complexity index is 208. The van der Waals surface area contributed by atoms with Crippen molar-refractivity contribution in [3.05, 3.63) is 0 Å². The molecule has 4 heteroatoms. The maximum atomic E-state index is 11.3. The van der Waals surface area contributed by atoms with Crippen LogP contribution in [0.1, 0.15) is 52.9 Å². The van der Waals surface area contributed by atoms with E-state index >= 15 is 0 Å². The second kappa shape index (κ2) is 11.8. The fraction of sp³-hybridized carbons (Fsp3) is 0.929. The molecule has 0 aromatic heterocycles. The lowest BCUT2D eigenvalue weighted by Crippen LogP contribution is -2.28. The molecule has 0 radical (unpaired) electrons. The molecular weight excluding hydrogens is 246 g/mol. The first-order chi connectivity index (χ1) is 8.54. The maximum absolute atomic E-state index is 11.3. The van der Waals surface area contributed by atoms with Crippen LogP contribution in [0.3, 0.4) is 0 Å². The second-order valence-electron chi connectivity index (χ2n) is 5.11. The first kappa shape index (κ1) is 17.8. The van der Waals surface area contributed by atoms with Crippen LogP contribution in [0.5, 0.6) is 0 Å². The van der Waals surface area contributed by atoms with Gasteiger partial charge in [0.2, 0.25) is 5.91 Å². The maximum Gasteiger partial charge on any atom is 0.222 e. The molecule has 0 saturated carbocycles. The normalized spacial score (nSPS) is 12.7. The van der Waals surface area contributed by atoms with Crippen LogP contribution < -0.4 is 5.32 Å². The average Bonchev–Trinajstić information content (AvgIpc) is 2.30. The Morgan fingerprint density at radius 2 is 1.72 bits per heavy atom. The predicted octanol–water partition coefficient (Wildman–Crippen LogP) is 3.04. The van der Waals surface area contributed by atoms with Gasteiger partial charge in [-0.25, -0.2) is 0 Å². The van der Waals surface area contributed by atoms with E-state index in [-0.39, 0.29) is 11.8 Å². The van der Waals surface area contributed by atoms with E-state index in [0.29, 0.717) is 5.25 Å². The number of ether oxygens (including phenoxy) is 1. The zero-order valence-electron chi connectivity index (χ0n) is 12.1. The molecule has 0 rings (SSSR count). The molecule has 1 amide bonds. The van der Waals surface area contributed by atoms with Gasteiger partial charge >= 0.3 is 0 Å². The molecule has 1 unspecified atom stereocenters. The van der Waals surface area contributed by atoms with Crippen LogP contribution in [0, 0.1) is 5.92 Å². The fourth-order valence-corrected chi connectivity index (χ4v) is 1.67. The van der Waals surface area contributed by atoms with Crippen LogP contribution in [0.4, 0.5) is 0 Å². The van der Waals surface area contributed by atoms with Gasteiger partial charge in [0.15, 0.2) is 0 Å². The summed E-state index contributed by atoms with van der Waals surface area (Å²) in [7, 11) is 0. The van der Waals surface area contributed by atoms with E-state index in [1.54, 1.807) is 0 Å². The lowest BCUT2D eigenvalue weighted by atomic mass is 10.2. The van der Waals surface area contributed by atoms with Gasteiger partial charge in [-0.15, -0.1) is 0 Å². The highest BCUT2D eigenvalue weighted by Gasteiger charge is 2.04. The number of hydrogen-bond donors (Lipinski definition) is 2. The average molecular weight is 275 g/mol. The molecule has 0 saturated heterocycles. The SMILES string of the molecule is CC(S)CCCCOCCCCNC(=O)C(C)C. The summed E-state index contributed by atoms with van der Waals surface area (Å²) in [5, 5.41) is 3.40. The van der Waals surface area contributed by atoms with Gasteiger partial charge in [-0.2, -0.15) is 12.6 Å². The molecule has 0 aromatic carbocycles. The van der Waals surface area contributed by atoms with E-state index in [0.717, 1.165) is 45.4 Å². The summed E-state index contributed by atoms with van der Waals surface area (Å²) in [5.41, 5.74) is 0. The van der Waals surface area contributed by atoms with Crippen LogP contribution in [0.15, 0.2) is 0 Å². The highest BCUT2D eigenvalue weighted by atomic mass is 32.1. The molecule has 0 aliphatic rings. The Morgan fingerprint density at radius 1 is 1.11 bits per heavy atom. The first-order valence-corrected chi connectivity index (χ1v) is 7.59. The molecule has 0 aromatic rings. The highest BCUT2D eigenvalue weighted by molar-refractivity contribution is 7.80. The van der Waals surface area contributed by atoms with Crippen molar-refractivity contribution in [2.45, 2.75) is 58.1 Å². The minimum atomic E-state index is 0.0791. The lowest BCUT2D eigenvalue weighted by molar-refractivity contribution is -0.123. The topological polar surface area (TPSA) is 38.3 Å². The number of unbranched alkanes of at least 4 members (excludes halogenated alkanes) is 2. The van der Waals surface area contributed by atoms with E-state index in [4.69, 9.17) is 4.74 Å². The standard InChI is InChI=1S/C14H29NO2S/c1-12(2)14(16)15-9-5-7-11-17-10-6-4-8-13(3)18/h12-13,18H,4-11H2,1-3H3,(H,15,16). The first-order valence-electron chi connectivity index (χ1n) is 7.07. The van der Waals surface area contributed by atoms with Crippen molar-refractivity contribution in [3.63, 3.8) is 0 Å². The summed E-state index contributed by atoms with van der Waals surface area (Å²) in [4.78, 5) is 11.3. The predicted molar refractivity (Wildman–Crippen MR) is 80.2 cm³/mol. The Kier molecular flexibility index (Phi) is 11.7. The molecule has 18 heavy (non-hydrogen) atoms. The van der Waals surface area contributed by atoms with E-state index in [2.05, 4.69) is 24.9 Å². The summed E-state index contributed by atoms with van der Waals surface area (Å²) < 4.78 is 5.53. The van der Waals surface area contributed by atoms with Crippen LogP contribution >= 0.6 is 12.6 Å². The number of amides is 1. The summed E-state index contributed by atoms with van der Waals surface area (Å²) in [5.74, 6) is 0.215. The molecule has 0 spiro atoms. The largest absolute Gasteiger partial charge is 0.381 e. The third kappa shape index (κ3) is 12.2. The second-order valence-corrected chi connectivity index (χ2v) is 5.99. The van der Waals surface area contributed by atoms with E-state index < -0.39 is 0 Å². The molecule has 0 aliphatic heterocycles. The zero-order valence-corrected chi connectivity index (χ0v) is 13.0. The molecule has 3 nitrogen and oxygen atoms in total. The quantitative estimate of drug-likeness (QED) is 0.449. The Morgan fingerprint density at radius 3 is 2.28 bits per heavy atom. The number of hydrogen-bond acceptors (Lipinski definition) is 3. The van der Waals surface area contributed by atoms with E-state index in [9.17, 15) is 4.79 Å². The Labute approximate surface area is 117 Å². The molecular formula is C14H29NO2S. The van der Waals surface area contributed by atoms with Gasteiger partial charge in [0.1, 0.15) is 0 Å². The molecule has 0 bridgehead atoms. The number of carbonyl (C=O) groups excluding carboxylic acids is 1. The van der Waals surface area contributed by atoms with Crippen molar-refractivity contribution in [1.29, 1.82) is 0 Å². The van der Waals surface area contributed by atoms with Crippen molar-refractivity contribution in [2.75, 3.05) is 19.8 Å². The van der Waals surface area contributed by atoms with Crippen molar-refractivity contribution in [2.24, 2.45) is 5.92 Å². The summed E-state index contributed by atoms with van der Waals surface area (Å²) in [6, 6.07) is 0. The van der Waals surface area contributed by atoms with Gasteiger partial charge in [0, 0.05) is 25.7 Å². The Balaban J connectivity index is 3.10. The molecule has 1 N–H and O–H groups in total. The van der Waals surface area contributed by atoms with Gasteiger partial charge in [-0.05, 0) is 30.9 Å². The molecule has 0 aliphatic carbocycles. The number of thiol groups is 1. The number of carbonyl (C=O) groups is 1. The van der Waals surface area contributed by atoms with Gasteiger partial charge < -0.3 is 10.1 Å².